The number of nitrogens with zero attached hydrogens (tertiary/aromatic N) is 3. The Hall–Kier alpha value is -4.64. The normalized spacial score (nSPS) is 23.2. The summed E-state index contributed by atoms with van der Waals surface area (Å²) in [7, 11) is -15.3. The number of fused-ring (bicyclic) bond motifs is 1. The molecule has 63 heavy (non-hydrogen) atoms. The van der Waals surface area contributed by atoms with Crippen LogP contribution in [0, 0.1) is 5.92 Å². The summed E-state index contributed by atoms with van der Waals surface area (Å²) in [4.78, 5) is 85.4. The van der Waals surface area contributed by atoms with Gasteiger partial charge >= 0.3 is 29.4 Å². The van der Waals surface area contributed by atoms with Gasteiger partial charge in [-0.1, -0.05) is 48.6 Å². The molecule has 0 saturated carbocycles. The lowest BCUT2D eigenvalue weighted by Crippen LogP contribution is -2.44. The van der Waals surface area contributed by atoms with E-state index >= 15 is 0 Å². The molecule has 2 amide bonds. The largest absolute Gasteiger partial charge is 0.490 e. The molecule has 0 aliphatic carbocycles. The van der Waals surface area contributed by atoms with Crippen molar-refractivity contribution in [3.63, 3.8) is 0 Å². The highest BCUT2D eigenvalue weighted by Gasteiger charge is 2.48. The monoisotopic (exact) mass is 944 g/mol. The second-order valence-corrected chi connectivity index (χ2v) is 18.0. The van der Waals surface area contributed by atoms with E-state index in [0.29, 0.717) is 11.1 Å². The van der Waals surface area contributed by atoms with Crippen LogP contribution in [0.25, 0.3) is 0 Å². The van der Waals surface area contributed by atoms with Crippen molar-refractivity contribution in [3.05, 3.63) is 89.6 Å². The number of ether oxygens (including phenoxy) is 5. The van der Waals surface area contributed by atoms with Gasteiger partial charge in [-0.2, -0.15) is 8.62 Å². The van der Waals surface area contributed by atoms with Crippen LogP contribution in [0.2, 0.25) is 0 Å². The van der Waals surface area contributed by atoms with Crippen molar-refractivity contribution < 1.29 is 84.5 Å². The van der Waals surface area contributed by atoms with Gasteiger partial charge in [-0.25, -0.2) is 28.5 Å². The number of benzene rings is 2. The molecule has 27 heteroatoms. The standard InChI is InChI=1S/C36H47N6O18P3/c1-3-53-27-16-31(58-28(27)20-57-62(49,50)60-63(51,52)59-61(46,47)48)42-17-25(32-33(37)40-22-41-34(32)42)12-8-14-39-30(43)21-55-29(36(45)56-18-23-9-5-4-6-10-23)19-54-26-13-7-11-24(15-26)35(44)38-2/h4-13,15,17,22,27-29,31-32,34H,3,14,16,18-21H2,1-2H3,(H,38,44)(H,39,43)(H,49,50)(H,51,52)(H2,37,40,41)(H2,46,47,48)/b12-8+/t27?,28-,29?,31-,32?,34?/m1/s1. The number of hydrogen-bond acceptors (Lipinski definition) is 18. The third-order valence-electron chi connectivity index (χ3n) is 9.07. The van der Waals surface area contributed by atoms with Gasteiger partial charge in [0.1, 0.15) is 56.2 Å². The lowest BCUT2D eigenvalue weighted by Gasteiger charge is -2.32. The van der Waals surface area contributed by atoms with Crippen LogP contribution < -0.4 is 21.1 Å². The average molecular weight is 945 g/mol. The summed E-state index contributed by atoms with van der Waals surface area (Å²) in [5, 5.41) is 5.20. The molecule has 1 fully saturated rings. The van der Waals surface area contributed by atoms with E-state index in [9.17, 15) is 37.9 Å². The fourth-order valence-electron chi connectivity index (χ4n) is 6.35. The van der Waals surface area contributed by atoms with Crippen molar-refractivity contribution in [1.82, 2.24) is 15.5 Å². The van der Waals surface area contributed by atoms with E-state index in [-0.39, 0.29) is 50.3 Å². The number of allylic oxidation sites excluding steroid dienone is 1. The second kappa shape index (κ2) is 22.3. The Kier molecular flexibility index (Phi) is 17.5. The first-order valence-electron chi connectivity index (χ1n) is 19.0. The van der Waals surface area contributed by atoms with Crippen molar-refractivity contribution in [2.24, 2.45) is 21.6 Å². The summed E-state index contributed by atoms with van der Waals surface area (Å²) in [5.41, 5.74) is 7.98. The number of phosphoric ester groups is 1. The molecule has 3 aliphatic heterocycles. The van der Waals surface area contributed by atoms with Crippen LogP contribution in [0.4, 0.5) is 0 Å². The quantitative estimate of drug-likeness (QED) is 0.0615. The molecule has 1 saturated heterocycles. The Morgan fingerprint density at radius 1 is 1.05 bits per heavy atom. The van der Waals surface area contributed by atoms with E-state index in [1.807, 2.05) is 6.07 Å². The Balaban J connectivity index is 1.18. The maximum atomic E-state index is 13.1. The van der Waals surface area contributed by atoms with Crippen LogP contribution in [-0.4, -0.2) is 125 Å². The first-order valence-corrected chi connectivity index (χ1v) is 23.5. The smallest absolute Gasteiger partial charge is 0.490 e. The summed E-state index contributed by atoms with van der Waals surface area (Å²) in [6.07, 6.45) is 1.92. The second-order valence-electron chi connectivity index (χ2n) is 13.5. The number of amides is 2. The Labute approximate surface area is 360 Å². The third kappa shape index (κ3) is 15.0. The molecule has 0 aromatic heterocycles. The fourth-order valence-corrected chi connectivity index (χ4v) is 9.38. The zero-order valence-electron chi connectivity index (χ0n) is 33.7. The summed E-state index contributed by atoms with van der Waals surface area (Å²) in [5.74, 6) is -1.74. The molecular weight excluding hydrogens is 897 g/mol. The van der Waals surface area contributed by atoms with Gasteiger partial charge in [-0.3, -0.25) is 14.1 Å². The predicted octanol–water partition coefficient (Wildman–Crippen LogP) is 1.63. The molecule has 0 spiro atoms. The molecule has 0 bridgehead atoms. The first-order chi connectivity index (χ1) is 29.9. The number of carbonyl (C=O) groups is 3. The van der Waals surface area contributed by atoms with E-state index in [1.54, 1.807) is 72.6 Å². The zero-order chi connectivity index (χ0) is 45.8. The number of carbonyl (C=O) groups excluding carboxylic acids is 3. The average Bonchev–Trinajstić information content (AvgIpc) is 3.81. The fraction of sp³-hybridized carbons (Fsp3) is 0.417. The molecule has 344 valence electrons. The van der Waals surface area contributed by atoms with Gasteiger partial charge in [0.2, 0.25) is 5.91 Å². The number of aliphatic imine (C=N–C) groups is 2. The number of rotatable bonds is 23. The number of amidine groups is 1. The molecule has 8 N–H and O–H groups in total. The highest BCUT2D eigenvalue weighted by molar-refractivity contribution is 7.66. The number of hydrogen-bond donors (Lipinski definition) is 7. The number of nitrogens with one attached hydrogen (secondary N) is 2. The van der Waals surface area contributed by atoms with Crippen LogP contribution in [0.3, 0.4) is 0 Å². The summed E-state index contributed by atoms with van der Waals surface area (Å²) >= 11 is 0. The molecule has 5 rings (SSSR count). The molecule has 2 aromatic carbocycles. The molecule has 6 unspecified atom stereocenters. The van der Waals surface area contributed by atoms with Crippen LogP contribution in [0.1, 0.15) is 29.3 Å². The van der Waals surface area contributed by atoms with Crippen molar-refractivity contribution in [2.75, 3.05) is 40.0 Å². The Morgan fingerprint density at radius 3 is 2.52 bits per heavy atom. The minimum Gasteiger partial charge on any atom is -0.490 e. The SMILES string of the molecule is CCOC1C[C@H](N2C=C(/C=C/CNC(=O)COC(COc3cccc(C(=O)NC)c3)C(=O)OCc3ccccc3)C3C(N)=NC=NC32)O[C@@H]1COP(=O)(O)OP(=O)(O)OP(=O)(O)O. The summed E-state index contributed by atoms with van der Waals surface area (Å²) in [6.45, 7) is 0.251. The number of nitrogens with two attached hydrogens (primary N) is 1. The van der Waals surface area contributed by atoms with Crippen molar-refractivity contribution in [1.29, 1.82) is 0 Å². The van der Waals surface area contributed by atoms with E-state index in [4.69, 9.17) is 43.7 Å². The van der Waals surface area contributed by atoms with E-state index in [1.165, 1.54) is 19.5 Å². The van der Waals surface area contributed by atoms with Crippen molar-refractivity contribution in [3.8, 4) is 5.75 Å². The molecule has 8 atom stereocenters. The van der Waals surface area contributed by atoms with Crippen LogP contribution >= 0.6 is 23.5 Å². The maximum absolute atomic E-state index is 13.1. The van der Waals surface area contributed by atoms with Gasteiger partial charge in [0.25, 0.3) is 5.91 Å². The van der Waals surface area contributed by atoms with Gasteiger partial charge in [0.05, 0.1) is 18.6 Å². The molecule has 2 aromatic rings. The van der Waals surface area contributed by atoms with E-state index < -0.39 is 85.2 Å². The van der Waals surface area contributed by atoms with Crippen LogP contribution in [0.5, 0.6) is 5.75 Å². The molecule has 0 radical (unpaired) electrons. The highest BCUT2D eigenvalue weighted by atomic mass is 31.3. The molecular formula is C36H47N6O18P3. The van der Waals surface area contributed by atoms with Crippen LogP contribution in [0.15, 0.2) is 88.5 Å². The molecule has 24 nitrogen and oxygen atoms in total. The minimum atomic E-state index is -5.74. The number of esters is 1. The predicted molar refractivity (Wildman–Crippen MR) is 219 cm³/mol. The van der Waals surface area contributed by atoms with Gasteiger partial charge in [0, 0.05) is 38.4 Å². The van der Waals surface area contributed by atoms with Crippen molar-refractivity contribution >= 4 is 53.4 Å². The van der Waals surface area contributed by atoms with Gasteiger partial charge in [-0.15, -0.1) is 0 Å². The van der Waals surface area contributed by atoms with E-state index in [0.717, 1.165) is 5.56 Å². The molecule has 3 heterocycles. The summed E-state index contributed by atoms with van der Waals surface area (Å²) < 4.78 is 76.2. The first kappa shape index (κ1) is 49.4. The zero-order valence-corrected chi connectivity index (χ0v) is 36.4. The van der Waals surface area contributed by atoms with Crippen molar-refractivity contribution in [2.45, 2.75) is 50.7 Å². The maximum Gasteiger partial charge on any atom is 0.490 e. The van der Waals surface area contributed by atoms with Crippen LogP contribution in [-0.2, 0) is 62.0 Å². The highest BCUT2D eigenvalue weighted by Crippen LogP contribution is 2.66. The van der Waals surface area contributed by atoms with Gasteiger partial charge in [0.15, 0.2) is 6.10 Å². The van der Waals surface area contributed by atoms with Gasteiger partial charge < -0.3 is 64.5 Å². The molecule has 3 aliphatic rings. The van der Waals surface area contributed by atoms with E-state index in [2.05, 4.69) is 29.2 Å². The third-order valence-corrected chi connectivity index (χ3v) is 12.9. The Morgan fingerprint density at radius 2 is 1.81 bits per heavy atom. The Bertz CT molecular complexity index is 2210. The summed E-state index contributed by atoms with van der Waals surface area (Å²) in [6, 6.07) is 15.2. The lowest BCUT2D eigenvalue weighted by molar-refractivity contribution is -0.161. The lowest BCUT2D eigenvalue weighted by atomic mass is 9.97. The topological polar surface area (TPSA) is 335 Å². The number of phosphoric acid groups is 3. The van der Waals surface area contributed by atoms with Gasteiger partial charge in [-0.05, 0) is 36.3 Å². The minimum absolute atomic E-state index is 0.0121.